The van der Waals surface area contributed by atoms with E-state index in [4.69, 9.17) is 14.5 Å². The summed E-state index contributed by atoms with van der Waals surface area (Å²) in [5.41, 5.74) is 2.17. The van der Waals surface area contributed by atoms with Crippen LogP contribution in [0.15, 0.2) is 0 Å². The fourth-order valence-electron chi connectivity index (χ4n) is 4.79. The Labute approximate surface area is 196 Å². The lowest BCUT2D eigenvalue weighted by Crippen LogP contribution is -2.50. The van der Waals surface area contributed by atoms with E-state index in [0.717, 1.165) is 42.9 Å². The number of nitriles is 1. The van der Waals surface area contributed by atoms with Crippen molar-refractivity contribution >= 4 is 11.9 Å². The monoisotopic (exact) mass is 456 g/mol. The molecule has 4 rings (SSSR count). The quantitative estimate of drug-likeness (QED) is 0.737. The van der Waals surface area contributed by atoms with Gasteiger partial charge in [0.1, 0.15) is 29.7 Å². The molecular formula is C24H36N6O3. The van der Waals surface area contributed by atoms with Crippen molar-refractivity contribution in [2.75, 3.05) is 57.8 Å². The molecule has 0 aromatic carbocycles. The van der Waals surface area contributed by atoms with Gasteiger partial charge in [-0.15, -0.1) is 0 Å². The van der Waals surface area contributed by atoms with Crippen LogP contribution in [-0.4, -0.2) is 85.4 Å². The number of carbonyl (C=O) groups excluding carboxylic acids is 1. The molecule has 4 heterocycles. The van der Waals surface area contributed by atoms with Gasteiger partial charge in [0.25, 0.3) is 0 Å². The van der Waals surface area contributed by atoms with Crippen molar-refractivity contribution in [2.45, 2.75) is 58.2 Å². The zero-order chi connectivity index (χ0) is 23.6. The molecule has 1 amide bonds. The van der Waals surface area contributed by atoms with Crippen LogP contribution in [0, 0.1) is 11.3 Å². The summed E-state index contributed by atoms with van der Waals surface area (Å²) in [6.45, 7) is 11.3. The summed E-state index contributed by atoms with van der Waals surface area (Å²) in [4.78, 5) is 23.7. The molecule has 33 heavy (non-hydrogen) atoms. The number of fused-ring (bicyclic) bond motifs is 1. The summed E-state index contributed by atoms with van der Waals surface area (Å²) in [5.74, 6) is 1.33. The summed E-state index contributed by atoms with van der Waals surface area (Å²) < 4.78 is 11.7. The Morgan fingerprint density at radius 3 is 2.61 bits per heavy atom. The maximum absolute atomic E-state index is 12.5. The van der Waals surface area contributed by atoms with E-state index in [2.05, 4.69) is 28.2 Å². The van der Waals surface area contributed by atoms with Gasteiger partial charge in [0, 0.05) is 44.3 Å². The highest BCUT2D eigenvalue weighted by Crippen LogP contribution is 2.33. The number of hydrogen-bond donors (Lipinski definition) is 1. The predicted octanol–water partition coefficient (Wildman–Crippen LogP) is 2.13. The molecule has 3 aliphatic rings. The van der Waals surface area contributed by atoms with Crippen molar-refractivity contribution in [3.05, 3.63) is 16.7 Å². The van der Waals surface area contributed by atoms with E-state index < -0.39 is 5.60 Å². The summed E-state index contributed by atoms with van der Waals surface area (Å²) in [6.07, 6.45) is 2.82. The van der Waals surface area contributed by atoms with Gasteiger partial charge in [0.05, 0.1) is 0 Å². The molecule has 2 saturated heterocycles. The van der Waals surface area contributed by atoms with Crippen LogP contribution < -0.4 is 15.0 Å². The van der Waals surface area contributed by atoms with Crippen molar-refractivity contribution in [3.63, 3.8) is 0 Å². The Hall–Kier alpha value is -2.57. The molecule has 1 N–H and O–H groups in total. The molecule has 2 fully saturated rings. The molecule has 3 aliphatic heterocycles. The lowest BCUT2D eigenvalue weighted by atomic mass is 9.97. The number of pyridine rings is 1. The van der Waals surface area contributed by atoms with E-state index in [9.17, 15) is 10.1 Å². The smallest absolute Gasteiger partial charge is 0.410 e. The number of likely N-dealkylation sites (N-methyl/N-ethyl adjacent to an activating group) is 1. The third-order valence-electron chi connectivity index (χ3n) is 6.64. The molecule has 180 valence electrons. The minimum absolute atomic E-state index is 0.272. The van der Waals surface area contributed by atoms with Crippen LogP contribution in [0.1, 0.15) is 50.3 Å². The fourth-order valence-corrected chi connectivity index (χ4v) is 4.79. The number of aromatic nitrogens is 1. The Balaban J connectivity index is 1.54. The summed E-state index contributed by atoms with van der Waals surface area (Å²) in [5, 5.41) is 13.3. The number of rotatable bonds is 4. The van der Waals surface area contributed by atoms with E-state index >= 15 is 0 Å². The number of nitrogens with one attached hydrogen (secondary N) is 1. The van der Waals surface area contributed by atoms with E-state index in [1.807, 2.05) is 20.8 Å². The maximum Gasteiger partial charge on any atom is 0.410 e. The maximum atomic E-state index is 12.5. The first-order chi connectivity index (χ1) is 15.8. The van der Waals surface area contributed by atoms with E-state index in [-0.39, 0.29) is 6.09 Å². The van der Waals surface area contributed by atoms with Crippen LogP contribution in [0.25, 0.3) is 0 Å². The van der Waals surface area contributed by atoms with Gasteiger partial charge >= 0.3 is 6.09 Å². The number of ether oxygens (including phenoxy) is 2. The van der Waals surface area contributed by atoms with Gasteiger partial charge in [-0.3, -0.25) is 0 Å². The average molecular weight is 457 g/mol. The fraction of sp³-hybridized carbons (Fsp3) is 0.708. The van der Waals surface area contributed by atoms with Crippen LogP contribution in [0.4, 0.5) is 10.6 Å². The number of carbonyl (C=O) groups is 1. The Morgan fingerprint density at radius 2 is 1.97 bits per heavy atom. The van der Waals surface area contributed by atoms with Gasteiger partial charge in [-0.1, -0.05) is 0 Å². The summed E-state index contributed by atoms with van der Waals surface area (Å²) >= 11 is 0. The Kier molecular flexibility index (Phi) is 6.96. The highest BCUT2D eigenvalue weighted by molar-refractivity contribution is 5.69. The second-order valence-electron chi connectivity index (χ2n) is 10.2. The Morgan fingerprint density at radius 1 is 1.21 bits per heavy atom. The van der Waals surface area contributed by atoms with Gasteiger partial charge in [-0.25, -0.2) is 4.79 Å². The molecule has 9 heteroatoms. The van der Waals surface area contributed by atoms with Crippen molar-refractivity contribution in [1.82, 2.24) is 20.1 Å². The minimum atomic E-state index is -0.505. The number of anilines is 1. The second kappa shape index (κ2) is 9.74. The lowest BCUT2D eigenvalue weighted by Gasteiger charge is -2.38. The molecule has 0 bridgehead atoms. The van der Waals surface area contributed by atoms with Crippen molar-refractivity contribution in [3.8, 4) is 11.9 Å². The molecule has 1 aromatic heterocycles. The van der Waals surface area contributed by atoms with Crippen molar-refractivity contribution in [1.29, 1.82) is 5.26 Å². The Bertz CT molecular complexity index is 914. The van der Waals surface area contributed by atoms with Crippen LogP contribution in [0.3, 0.4) is 0 Å². The normalized spacial score (nSPS) is 21.5. The van der Waals surface area contributed by atoms with Gasteiger partial charge in [0.15, 0.2) is 0 Å². The molecular weight excluding hydrogens is 420 g/mol. The number of piperazine rings is 1. The summed E-state index contributed by atoms with van der Waals surface area (Å²) in [6, 6.07) is 2.71. The summed E-state index contributed by atoms with van der Waals surface area (Å²) in [7, 11) is 2.12. The zero-order valence-corrected chi connectivity index (χ0v) is 20.3. The number of nitrogens with zero attached hydrogens (tertiary/aromatic N) is 5. The van der Waals surface area contributed by atoms with Crippen LogP contribution in [-0.2, 0) is 17.7 Å². The molecule has 1 aromatic rings. The number of hydrogen-bond acceptors (Lipinski definition) is 8. The van der Waals surface area contributed by atoms with Crippen LogP contribution in [0.2, 0.25) is 0 Å². The van der Waals surface area contributed by atoms with E-state index in [1.165, 1.54) is 6.42 Å². The highest BCUT2D eigenvalue weighted by atomic mass is 16.6. The average Bonchev–Trinajstić information content (AvgIpc) is 3.20. The number of likely N-dealkylation sites (tertiary alicyclic amines) is 1. The third kappa shape index (κ3) is 5.33. The van der Waals surface area contributed by atoms with E-state index in [0.29, 0.717) is 56.8 Å². The topological polar surface area (TPSA) is 94.0 Å². The molecule has 0 spiro atoms. The zero-order valence-electron chi connectivity index (χ0n) is 20.3. The van der Waals surface area contributed by atoms with Crippen LogP contribution in [0.5, 0.6) is 5.88 Å². The lowest BCUT2D eigenvalue weighted by molar-refractivity contribution is 0.0240. The first kappa shape index (κ1) is 23.6. The van der Waals surface area contributed by atoms with Crippen LogP contribution >= 0.6 is 0 Å². The third-order valence-corrected chi connectivity index (χ3v) is 6.64. The molecule has 0 saturated carbocycles. The van der Waals surface area contributed by atoms with Gasteiger partial charge in [-0.2, -0.15) is 10.2 Å². The van der Waals surface area contributed by atoms with Crippen molar-refractivity contribution in [2.24, 2.45) is 0 Å². The standard InChI is InChI=1S/C24H36N6O3/c1-24(2,3)33-23(31)30-12-10-29(11-13-30)21-18-7-8-26-15-20(18)19(14-25)22(27-21)32-16-17-6-5-9-28(17)4/h17,26H,5-13,15-16H2,1-4H3/t17-/m1/s1. The molecule has 0 aliphatic carbocycles. The van der Waals surface area contributed by atoms with Gasteiger partial charge in [-0.05, 0) is 65.7 Å². The first-order valence-corrected chi connectivity index (χ1v) is 12.0. The largest absolute Gasteiger partial charge is 0.475 e. The van der Waals surface area contributed by atoms with E-state index in [1.54, 1.807) is 4.90 Å². The molecule has 1 atom stereocenters. The predicted molar refractivity (Wildman–Crippen MR) is 126 cm³/mol. The molecule has 9 nitrogen and oxygen atoms in total. The minimum Gasteiger partial charge on any atom is -0.475 e. The van der Waals surface area contributed by atoms with Crippen molar-refractivity contribution < 1.29 is 14.3 Å². The second-order valence-corrected chi connectivity index (χ2v) is 10.2. The van der Waals surface area contributed by atoms with Gasteiger partial charge < -0.3 is 29.5 Å². The molecule has 0 radical (unpaired) electrons. The first-order valence-electron chi connectivity index (χ1n) is 12.0. The van der Waals surface area contributed by atoms with Gasteiger partial charge in [0.2, 0.25) is 5.88 Å². The highest BCUT2D eigenvalue weighted by Gasteiger charge is 2.31. The number of amides is 1. The molecule has 0 unspecified atom stereocenters. The SMILES string of the molecule is CN1CCC[C@@H]1COc1nc(N2CCN(C(=O)OC(C)(C)C)CC2)c2c(c1C#N)CNCC2.